The van der Waals surface area contributed by atoms with Crippen molar-refractivity contribution < 1.29 is 0 Å². The number of aryl methyl sites for hydroxylation is 1. The third-order valence-corrected chi connectivity index (χ3v) is 3.02. The number of nitrogens with zero attached hydrogens (tertiary/aromatic N) is 3. The summed E-state index contributed by atoms with van der Waals surface area (Å²) in [6.07, 6.45) is 1.73. The largest absolute Gasteiger partial charge is 0.311 e. The molecule has 0 N–H and O–H groups in total. The summed E-state index contributed by atoms with van der Waals surface area (Å²) >= 11 is 6.13. The van der Waals surface area contributed by atoms with Gasteiger partial charge in [0, 0.05) is 16.8 Å². The maximum Gasteiger partial charge on any atom is 0.176 e. The Bertz CT molecular complexity index is 674. The molecule has 0 atom stereocenters. The summed E-state index contributed by atoms with van der Waals surface area (Å²) in [5.41, 5.74) is 3.10. The molecule has 3 aromatic rings. The molecule has 3 rings (SSSR count). The molecule has 0 spiro atoms. The lowest BCUT2D eigenvalue weighted by Gasteiger charge is -2.08. The van der Waals surface area contributed by atoms with Crippen LogP contribution in [0.15, 0.2) is 42.6 Å². The maximum atomic E-state index is 6.13. The Balaban J connectivity index is 2.40. The Morgan fingerprint density at radius 2 is 1.94 bits per heavy atom. The van der Waals surface area contributed by atoms with Crippen LogP contribution < -0.4 is 0 Å². The van der Waals surface area contributed by atoms with Crippen molar-refractivity contribution in [3.63, 3.8) is 0 Å². The molecule has 2 aromatic heterocycles. The summed E-state index contributed by atoms with van der Waals surface area (Å²) in [5.74, 6) is 0. The van der Waals surface area contributed by atoms with Crippen LogP contribution in [0.1, 0.15) is 5.69 Å². The number of para-hydroxylation sites is 1. The van der Waals surface area contributed by atoms with Crippen LogP contribution in [-0.2, 0) is 0 Å². The fourth-order valence-corrected chi connectivity index (χ4v) is 2.31. The van der Waals surface area contributed by atoms with Gasteiger partial charge in [-0.2, -0.15) is 5.10 Å². The second-order valence-electron chi connectivity index (χ2n) is 3.90. The Labute approximate surface area is 104 Å². The quantitative estimate of drug-likeness (QED) is 0.656. The highest BCUT2D eigenvalue weighted by atomic mass is 35.5. The molecule has 0 saturated heterocycles. The maximum absolute atomic E-state index is 6.13. The molecule has 84 valence electrons. The van der Waals surface area contributed by atoms with E-state index in [1.54, 1.807) is 6.20 Å². The Hall–Kier alpha value is -1.87. The molecule has 0 amide bonds. The van der Waals surface area contributed by atoms with Gasteiger partial charge >= 0.3 is 0 Å². The first kappa shape index (κ1) is 10.3. The Kier molecular flexibility index (Phi) is 2.34. The number of hydrogen-bond donors (Lipinski definition) is 0. The lowest BCUT2D eigenvalue weighted by Crippen LogP contribution is -1.97. The molecule has 0 unspecified atom stereocenters. The lowest BCUT2D eigenvalue weighted by molar-refractivity contribution is 1.01. The molecule has 3 nitrogen and oxygen atoms in total. The minimum Gasteiger partial charge on any atom is -0.311 e. The Morgan fingerprint density at radius 1 is 1.18 bits per heavy atom. The first-order valence-corrected chi connectivity index (χ1v) is 5.70. The van der Waals surface area contributed by atoms with E-state index in [-0.39, 0.29) is 0 Å². The molecular formula is C13H10ClN3. The smallest absolute Gasteiger partial charge is 0.176 e. The van der Waals surface area contributed by atoms with Crippen LogP contribution in [0.3, 0.4) is 0 Å². The molecule has 0 fully saturated rings. The lowest BCUT2D eigenvalue weighted by atomic mass is 10.3. The van der Waals surface area contributed by atoms with E-state index in [0.717, 1.165) is 22.3 Å². The highest BCUT2D eigenvalue weighted by Crippen LogP contribution is 2.27. The molecule has 0 radical (unpaired) electrons. The molecule has 0 saturated carbocycles. The van der Waals surface area contributed by atoms with E-state index in [4.69, 9.17) is 11.6 Å². The fourth-order valence-electron chi connectivity index (χ4n) is 2.07. The van der Waals surface area contributed by atoms with Crippen LogP contribution >= 0.6 is 11.6 Å². The minimum atomic E-state index is 0.430. The predicted octanol–water partition coefficient (Wildman–Crippen LogP) is 3.38. The number of hydrogen-bond acceptors (Lipinski definition) is 2. The molecule has 0 aliphatic heterocycles. The van der Waals surface area contributed by atoms with Crippen molar-refractivity contribution in [2.75, 3.05) is 0 Å². The molecule has 2 heterocycles. The molecule has 0 aliphatic rings. The normalized spacial score (nSPS) is 10.9. The van der Waals surface area contributed by atoms with E-state index < -0.39 is 0 Å². The first-order chi connectivity index (χ1) is 8.27. The van der Waals surface area contributed by atoms with Crippen molar-refractivity contribution in [2.45, 2.75) is 6.92 Å². The van der Waals surface area contributed by atoms with Gasteiger partial charge < -0.3 is 4.57 Å². The summed E-state index contributed by atoms with van der Waals surface area (Å²) in [5, 5.41) is 9.20. The van der Waals surface area contributed by atoms with E-state index in [2.05, 4.69) is 20.8 Å². The van der Waals surface area contributed by atoms with Crippen LogP contribution in [0.5, 0.6) is 0 Å². The summed E-state index contributed by atoms with van der Waals surface area (Å²) in [7, 11) is 0. The zero-order chi connectivity index (χ0) is 11.8. The van der Waals surface area contributed by atoms with Gasteiger partial charge in [0.15, 0.2) is 5.15 Å². The van der Waals surface area contributed by atoms with Gasteiger partial charge in [-0.15, -0.1) is 5.10 Å². The average Bonchev–Trinajstić information content (AvgIpc) is 2.68. The van der Waals surface area contributed by atoms with E-state index >= 15 is 0 Å². The third kappa shape index (κ3) is 1.59. The van der Waals surface area contributed by atoms with Crippen molar-refractivity contribution in [1.82, 2.24) is 14.8 Å². The van der Waals surface area contributed by atoms with Crippen LogP contribution in [-0.4, -0.2) is 14.8 Å². The number of aromatic nitrogens is 3. The molecule has 17 heavy (non-hydrogen) atoms. The van der Waals surface area contributed by atoms with Gasteiger partial charge in [-0.1, -0.05) is 29.8 Å². The SMILES string of the molecule is Cc1cc2cnnc(Cl)c2n1-c1ccccc1. The summed E-state index contributed by atoms with van der Waals surface area (Å²) in [4.78, 5) is 0. The van der Waals surface area contributed by atoms with E-state index in [1.165, 1.54) is 0 Å². The second kappa shape index (κ2) is 3.86. The van der Waals surface area contributed by atoms with Crippen LogP contribution in [0, 0.1) is 6.92 Å². The van der Waals surface area contributed by atoms with Crippen molar-refractivity contribution in [2.24, 2.45) is 0 Å². The van der Waals surface area contributed by atoms with Crippen LogP contribution in [0.2, 0.25) is 5.15 Å². The van der Waals surface area contributed by atoms with Gasteiger partial charge in [0.1, 0.15) is 0 Å². The van der Waals surface area contributed by atoms with Gasteiger partial charge in [-0.25, -0.2) is 0 Å². The van der Waals surface area contributed by atoms with Crippen molar-refractivity contribution in [1.29, 1.82) is 0 Å². The topological polar surface area (TPSA) is 30.7 Å². The second-order valence-corrected chi connectivity index (χ2v) is 4.25. The molecule has 1 aromatic carbocycles. The molecule has 4 heteroatoms. The van der Waals surface area contributed by atoms with Gasteiger partial charge in [-0.3, -0.25) is 0 Å². The monoisotopic (exact) mass is 243 g/mol. The number of fused-ring (bicyclic) bond motifs is 1. The number of halogens is 1. The summed E-state index contributed by atoms with van der Waals surface area (Å²) in [6.45, 7) is 2.04. The predicted molar refractivity (Wildman–Crippen MR) is 68.6 cm³/mol. The molecule has 0 aliphatic carbocycles. The summed E-state index contributed by atoms with van der Waals surface area (Å²) < 4.78 is 2.09. The number of benzene rings is 1. The van der Waals surface area contributed by atoms with E-state index in [1.807, 2.05) is 37.3 Å². The molecule has 0 bridgehead atoms. The third-order valence-electron chi connectivity index (χ3n) is 2.77. The van der Waals surface area contributed by atoms with Crippen LogP contribution in [0.4, 0.5) is 0 Å². The Morgan fingerprint density at radius 3 is 2.71 bits per heavy atom. The van der Waals surface area contributed by atoms with Gasteiger partial charge in [0.25, 0.3) is 0 Å². The van der Waals surface area contributed by atoms with Gasteiger partial charge in [-0.05, 0) is 25.1 Å². The van der Waals surface area contributed by atoms with Gasteiger partial charge in [0.05, 0.1) is 11.7 Å². The van der Waals surface area contributed by atoms with Crippen molar-refractivity contribution in [3.05, 3.63) is 53.4 Å². The van der Waals surface area contributed by atoms with Crippen molar-refractivity contribution >= 4 is 22.5 Å². The van der Waals surface area contributed by atoms with E-state index in [0.29, 0.717) is 5.15 Å². The van der Waals surface area contributed by atoms with Gasteiger partial charge in [0.2, 0.25) is 0 Å². The van der Waals surface area contributed by atoms with Crippen molar-refractivity contribution in [3.8, 4) is 5.69 Å². The zero-order valence-electron chi connectivity index (χ0n) is 9.26. The first-order valence-electron chi connectivity index (χ1n) is 5.32. The average molecular weight is 244 g/mol. The highest BCUT2D eigenvalue weighted by Gasteiger charge is 2.11. The fraction of sp³-hybridized carbons (Fsp3) is 0.0769. The minimum absolute atomic E-state index is 0.430. The zero-order valence-corrected chi connectivity index (χ0v) is 10.0. The summed E-state index contributed by atoms with van der Waals surface area (Å²) in [6, 6.07) is 12.1. The van der Waals surface area contributed by atoms with E-state index in [9.17, 15) is 0 Å². The van der Waals surface area contributed by atoms with Crippen LogP contribution in [0.25, 0.3) is 16.6 Å². The highest BCUT2D eigenvalue weighted by molar-refractivity contribution is 6.33. The molecular weight excluding hydrogens is 234 g/mol. The number of rotatable bonds is 1. The standard InChI is InChI=1S/C13H10ClN3/c1-9-7-10-8-15-16-13(14)12(10)17(9)11-5-3-2-4-6-11/h2-8H,1H3.